The number of carboxylic acids is 1. The maximum Gasteiger partial charge on any atom is 0.304 e. The molecule has 4 heteroatoms. The zero-order valence-electron chi connectivity index (χ0n) is 7.73. The van der Waals surface area contributed by atoms with E-state index < -0.39 is 5.97 Å². The molecular formula is C10H12N2O2. The van der Waals surface area contributed by atoms with E-state index in [2.05, 4.69) is 10.3 Å². The van der Waals surface area contributed by atoms with Gasteiger partial charge in [0, 0.05) is 30.9 Å². The molecule has 0 amide bonds. The van der Waals surface area contributed by atoms with E-state index in [9.17, 15) is 4.79 Å². The molecule has 0 aliphatic carbocycles. The number of aliphatic carboxylic acids is 1. The van der Waals surface area contributed by atoms with Crippen molar-refractivity contribution in [3.63, 3.8) is 0 Å². The molecule has 0 saturated carbocycles. The SMILES string of the molecule is O=C(O)CC1CNCc2cccnc21. The summed E-state index contributed by atoms with van der Waals surface area (Å²) in [5, 5.41) is 11.9. The average molecular weight is 192 g/mol. The summed E-state index contributed by atoms with van der Waals surface area (Å²) in [6.45, 7) is 1.50. The van der Waals surface area contributed by atoms with E-state index in [-0.39, 0.29) is 12.3 Å². The van der Waals surface area contributed by atoms with Gasteiger partial charge in [-0.1, -0.05) is 6.07 Å². The molecule has 1 aromatic rings. The first-order valence-corrected chi connectivity index (χ1v) is 4.63. The van der Waals surface area contributed by atoms with Crippen molar-refractivity contribution in [2.75, 3.05) is 6.54 Å². The maximum absolute atomic E-state index is 10.6. The molecule has 1 aliphatic rings. The van der Waals surface area contributed by atoms with Gasteiger partial charge >= 0.3 is 5.97 Å². The van der Waals surface area contributed by atoms with Crippen molar-refractivity contribution in [2.24, 2.45) is 0 Å². The Morgan fingerprint density at radius 2 is 2.57 bits per heavy atom. The van der Waals surface area contributed by atoms with Crippen molar-refractivity contribution in [3.8, 4) is 0 Å². The minimum absolute atomic E-state index is 0.0115. The molecule has 0 aromatic carbocycles. The molecule has 1 aromatic heterocycles. The Morgan fingerprint density at radius 3 is 3.36 bits per heavy atom. The molecule has 0 saturated heterocycles. The van der Waals surface area contributed by atoms with Gasteiger partial charge in [0.2, 0.25) is 0 Å². The van der Waals surface area contributed by atoms with Crippen LogP contribution in [-0.2, 0) is 11.3 Å². The van der Waals surface area contributed by atoms with Crippen LogP contribution >= 0.6 is 0 Å². The fourth-order valence-electron chi connectivity index (χ4n) is 1.83. The van der Waals surface area contributed by atoms with Crippen molar-refractivity contribution in [1.82, 2.24) is 10.3 Å². The van der Waals surface area contributed by atoms with Gasteiger partial charge in [-0.3, -0.25) is 9.78 Å². The second-order valence-corrected chi connectivity index (χ2v) is 3.47. The summed E-state index contributed by atoms with van der Waals surface area (Å²) in [5.41, 5.74) is 2.05. The van der Waals surface area contributed by atoms with Gasteiger partial charge < -0.3 is 10.4 Å². The second-order valence-electron chi connectivity index (χ2n) is 3.47. The lowest BCUT2D eigenvalue weighted by atomic mass is 9.93. The number of nitrogens with one attached hydrogen (secondary N) is 1. The topological polar surface area (TPSA) is 62.2 Å². The van der Waals surface area contributed by atoms with Crippen molar-refractivity contribution in [1.29, 1.82) is 0 Å². The van der Waals surface area contributed by atoms with Crippen molar-refractivity contribution in [2.45, 2.75) is 18.9 Å². The number of carboxylic acid groups (broad SMARTS) is 1. The van der Waals surface area contributed by atoms with Crippen molar-refractivity contribution >= 4 is 5.97 Å². The fourth-order valence-corrected chi connectivity index (χ4v) is 1.83. The van der Waals surface area contributed by atoms with Gasteiger partial charge in [0.15, 0.2) is 0 Å². The maximum atomic E-state index is 10.6. The number of nitrogens with zero attached hydrogens (tertiary/aromatic N) is 1. The van der Waals surface area contributed by atoms with Crippen molar-refractivity contribution in [3.05, 3.63) is 29.6 Å². The number of pyridine rings is 1. The molecule has 2 rings (SSSR count). The van der Waals surface area contributed by atoms with Crippen LogP contribution in [0.1, 0.15) is 23.6 Å². The Morgan fingerprint density at radius 1 is 1.71 bits per heavy atom. The van der Waals surface area contributed by atoms with Crippen LogP contribution in [0.3, 0.4) is 0 Å². The highest BCUT2D eigenvalue weighted by Gasteiger charge is 2.22. The Kier molecular flexibility index (Phi) is 2.45. The summed E-state index contributed by atoms with van der Waals surface area (Å²) in [4.78, 5) is 14.9. The van der Waals surface area contributed by atoms with Gasteiger partial charge in [0.1, 0.15) is 0 Å². The zero-order chi connectivity index (χ0) is 9.97. The first-order chi connectivity index (χ1) is 6.77. The average Bonchev–Trinajstić information content (AvgIpc) is 2.18. The molecule has 1 aliphatic heterocycles. The lowest BCUT2D eigenvalue weighted by Gasteiger charge is -2.23. The number of fused-ring (bicyclic) bond motifs is 1. The molecule has 4 nitrogen and oxygen atoms in total. The minimum atomic E-state index is -0.768. The van der Waals surface area contributed by atoms with Crippen molar-refractivity contribution < 1.29 is 9.90 Å². The van der Waals surface area contributed by atoms with E-state index in [4.69, 9.17) is 5.11 Å². The van der Waals surface area contributed by atoms with Gasteiger partial charge in [-0.25, -0.2) is 0 Å². The first-order valence-electron chi connectivity index (χ1n) is 4.63. The van der Waals surface area contributed by atoms with Crippen LogP contribution in [0, 0.1) is 0 Å². The van der Waals surface area contributed by atoms with Crippen LogP contribution in [0.25, 0.3) is 0 Å². The Bertz CT molecular complexity index is 352. The van der Waals surface area contributed by atoms with E-state index in [1.165, 1.54) is 0 Å². The highest BCUT2D eigenvalue weighted by Crippen LogP contribution is 2.23. The van der Waals surface area contributed by atoms with E-state index in [1.807, 2.05) is 12.1 Å². The third kappa shape index (κ3) is 1.75. The summed E-state index contributed by atoms with van der Waals surface area (Å²) in [6, 6.07) is 3.87. The lowest BCUT2D eigenvalue weighted by Crippen LogP contribution is -2.30. The zero-order valence-corrected chi connectivity index (χ0v) is 7.73. The molecule has 14 heavy (non-hydrogen) atoms. The van der Waals surface area contributed by atoms with Crippen LogP contribution in [0.2, 0.25) is 0 Å². The third-order valence-electron chi connectivity index (χ3n) is 2.44. The van der Waals surface area contributed by atoms with Crippen LogP contribution < -0.4 is 5.32 Å². The molecule has 0 fully saturated rings. The summed E-state index contributed by atoms with van der Waals surface area (Å²) in [5.74, 6) is -0.757. The van der Waals surface area contributed by atoms with Gasteiger partial charge in [0.25, 0.3) is 0 Å². The number of aromatic nitrogens is 1. The van der Waals surface area contributed by atoms with Crippen LogP contribution in [0.4, 0.5) is 0 Å². The summed E-state index contributed by atoms with van der Waals surface area (Å²) in [6.07, 6.45) is 1.87. The van der Waals surface area contributed by atoms with Crippen LogP contribution in [-0.4, -0.2) is 22.6 Å². The van der Waals surface area contributed by atoms with Crippen LogP contribution in [0.5, 0.6) is 0 Å². The minimum Gasteiger partial charge on any atom is -0.481 e. The van der Waals surface area contributed by atoms with E-state index in [1.54, 1.807) is 6.20 Å². The normalized spacial score (nSPS) is 20.1. The highest BCUT2D eigenvalue weighted by atomic mass is 16.4. The molecule has 1 unspecified atom stereocenters. The molecular weight excluding hydrogens is 180 g/mol. The van der Waals surface area contributed by atoms with E-state index in [0.717, 1.165) is 17.8 Å². The predicted molar refractivity (Wildman–Crippen MR) is 50.9 cm³/mol. The standard InChI is InChI=1S/C10H12N2O2/c13-9(14)4-8-6-11-5-7-2-1-3-12-10(7)8/h1-3,8,11H,4-6H2,(H,13,14). The monoisotopic (exact) mass is 192 g/mol. The molecule has 2 heterocycles. The van der Waals surface area contributed by atoms with Gasteiger partial charge in [-0.05, 0) is 11.6 Å². The summed E-state index contributed by atoms with van der Waals surface area (Å²) >= 11 is 0. The highest BCUT2D eigenvalue weighted by molar-refractivity contribution is 5.68. The largest absolute Gasteiger partial charge is 0.481 e. The summed E-state index contributed by atoms with van der Waals surface area (Å²) < 4.78 is 0. The predicted octanol–water partition coefficient (Wildman–Crippen LogP) is 0.743. The van der Waals surface area contributed by atoms with Gasteiger partial charge in [-0.15, -0.1) is 0 Å². The second kappa shape index (κ2) is 3.75. The number of carbonyl (C=O) groups is 1. The molecule has 2 N–H and O–H groups in total. The quantitative estimate of drug-likeness (QED) is 0.725. The molecule has 0 spiro atoms. The van der Waals surface area contributed by atoms with Gasteiger partial charge in [-0.2, -0.15) is 0 Å². The number of hydrogen-bond donors (Lipinski definition) is 2. The first kappa shape index (κ1) is 9.15. The third-order valence-corrected chi connectivity index (χ3v) is 2.44. The Labute approximate surface area is 82.0 Å². The molecule has 1 atom stereocenters. The fraction of sp³-hybridized carbons (Fsp3) is 0.400. The molecule has 0 bridgehead atoms. The van der Waals surface area contributed by atoms with Crippen LogP contribution in [0.15, 0.2) is 18.3 Å². The summed E-state index contributed by atoms with van der Waals surface area (Å²) in [7, 11) is 0. The van der Waals surface area contributed by atoms with E-state index in [0.29, 0.717) is 6.54 Å². The number of rotatable bonds is 2. The molecule has 0 radical (unpaired) electrons. The smallest absolute Gasteiger partial charge is 0.304 e. The molecule has 74 valence electrons. The van der Waals surface area contributed by atoms with Gasteiger partial charge in [0.05, 0.1) is 6.42 Å². The number of hydrogen-bond acceptors (Lipinski definition) is 3. The Balaban J connectivity index is 2.26. The Hall–Kier alpha value is -1.42. The lowest BCUT2D eigenvalue weighted by molar-refractivity contribution is -0.137. The van der Waals surface area contributed by atoms with E-state index >= 15 is 0 Å².